The van der Waals surface area contributed by atoms with Crippen molar-refractivity contribution in [2.75, 3.05) is 19.7 Å². The minimum absolute atomic E-state index is 0.0153. The Bertz CT molecular complexity index is 1540. The molecule has 0 saturated heterocycles. The van der Waals surface area contributed by atoms with E-state index in [1.165, 1.54) is 77.9 Å². The number of H-pyrrole nitrogens is 2. The molecule has 0 spiro atoms. The highest BCUT2D eigenvalue weighted by Gasteiger charge is 2.37. The van der Waals surface area contributed by atoms with Gasteiger partial charge < -0.3 is 26.2 Å². The van der Waals surface area contributed by atoms with Gasteiger partial charge in [0.2, 0.25) is 0 Å². The predicted octanol–water partition coefficient (Wildman–Crippen LogP) is 9.91. The standard InChI is InChI=1S/C11H16O2.2C10H12N2.C10H16.C3H8/c1-2-13-11(12)10-7-8-3-5-9(10)6-4-8;2*11-6-5-8-7-12-10-4-2-1-3-9(8)10;1-2-9-7-8-3-5-10(9)6-4-8;1-3-2/h3,5,8-10H,2,4,6-7H2,1H3;2*1-4,7,12H,5-6,11H2;3,5,8-10H,2,4,6-7H2,1H3;3H2,1-2H3. The first kappa shape index (κ1) is 39.2. The molecule has 6 unspecified atom stereocenters. The zero-order valence-corrected chi connectivity index (χ0v) is 31.2. The number of carbonyl (C=O) groups is 1. The number of aromatic amines is 2. The summed E-state index contributed by atoms with van der Waals surface area (Å²) in [5.41, 5.74) is 16.0. The molecule has 10 rings (SSSR count). The fourth-order valence-corrected chi connectivity index (χ4v) is 7.96. The molecular formula is C44H64N4O2. The smallest absolute Gasteiger partial charge is 0.309 e. The van der Waals surface area contributed by atoms with E-state index in [2.05, 4.69) is 91.4 Å². The molecule has 2 aromatic heterocycles. The van der Waals surface area contributed by atoms with Crippen molar-refractivity contribution in [2.45, 2.75) is 91.9 Å². The summed E-state index contributed by atoms with van der Waals surface area (Å²) in [6, 6.07) is 16.6. The van der Waals surface area contributed by atoms with Gasteiger partial charge in [0.1, 0.15) is 0 Å². The van der Waals surface area contributed by atoms with Gasteiger partial charge in [-0.3, -0.25) is 4.79 Å². The molecular weight excluding hydrogens is 617 g/mol. The molecule has 6 N–H and O–H groups in total. The van der Waals surface area contributed by atoms with Crippen LogP contribution in [0, 0.1) is 35.5 Å². The van der Waals surface area contributed by atoms with Crippen molar-refractivity contribution in [3.05, 3.63) is 96.4 Å². The van der Waals surface area contributed by atoms with Gasteiger partial charge in [-0.15, -0.1) is 0 Å². The molecule has 50 heavy (non-hydrogen) atoms. The predicted molar refractivity (Wildman–Crippen MR) is 212 cm³/mol. The Labute approximate surface area is 301 Å². The Morgan fingerprint density at radius 1 is 0.700 bits per heavy atom. The lowest BCUT2D eigenvalue weighted by Crippen LogP contribution is -2.33. The molecule has 6 aliphatic carbocycles. The van der Waals surface area contributed by atoms with Crippen LogP contribution in [0.5, 0.6) is 0 Å². The molecule has 2 aromatic carbocycles. The van der Waals surface area contributed by atoms with E-state index in [4.69, 9.17) is 16.2 Å². The van der Waals surface area contributed by atoms with Crippen molar-refractivity contribution in [1.29, 1.82) is 0 Å². The van der Waals surface area contributed by atoms with Gasteiger partial charge in [0, 0.05) is 34.2 Å². The molecule has 6 atom stereocenters. The van der Waals surface area contributed by atoms with Crippen molar-refractivity contribution >= 4 is 27.8 Å². The maximum Gasteiger partial charge on any atom is 0.309 e. The highest BCUT2D eigenvalue weighted by atomic mass is 16.5. The molecule has 6 nitrogen and oxygen atoms in total. The van der Waals surface area contributed by atoms with Crippen LogP contribution in [0.3, 0.4) is 0 Å². The number of aromatic nitrogens is 2. The summed E-state index contributed by atoms with van der Waals surface area (Å²) < 4.78 is 5.06. The third kappa shape index (κ3) is 10.9. The van der Waals surface area contributed by atoms with Gasteiger partial charge in [0.05, 0.1) is 12.5 Å². The van der Waals surface area contributed by atoms with Crippen LogP contribution in [0.2, 0.25) is 0 Å². The van der Waals surface area contributed by atoms with Gasteiger partial charge in [-0.05, 0) is 124 Å². The number of nitrogens with two attached hydrogens (primary N) is 2. The zero-order chi connectivity index (χ0) is 35.7. The number of para-hydroxylation sites is 2. The number of nitrogens with one attached hydrogen (secondary N) is 2. The van der Waals surface area contributed by atoms with Crippen molar-refractivity contribution in [3.8, 4) is 0 Å². The first-order chi connectivity index (χ1) is 24.5. The van der Waals surface area contributed by atoms with Crippen molar-refractivity contribution in [1.82, 2.24) is 9.97 Å². The quantitative estimate of drug-likeness (QED) is 0.115. The molecule has 4 aromatic rings. The van der Waals surface area contributed by atoms with E-state index >= 15 is 0 Å². The number of allylic oxidation sites excluding steroid dienone is 4. The van der Waals surface area contributed by atoms with E-state index in [9.17, 15) is 4.79 Å². The highest BCUT2D eigenvalue weighted by molar-refractivity contribution is 5.83. The molecule has 0 aliphatic heterocycles. The molecule has 2 saturated carbocycles. The van der Waals surface area contributed by atoms with Gasteiger partial charge >= 0.3 is 5.97 Å². The van der Waals surface area contributed by atoms with E-state index in [0.29, 0.717) is 31.5 Å². The van der Waals surface area contributed by atoms with E-state index in [0.717, 1.165) is 37.0 Å². The minimum Gasteiger partial charge on any atom is -0.466 e. The summed E-state index contributed by atoms with van der Waals surface area (Å²) in [5.74, 6) is 4.21. The van der Waals surface area contributed by atoms with E-state index in [1.54, 1.807) is 0 Å². The number of rotatable bonds is 7. The van der Waals surface area contributed by atoms with Gasteiger partial charge in [-0.2, -0.15) is 0 Å². The van der Waals surface area contributed by atoms with Crippen molar-refractivity contribution in [2.24, 2.45) is 47.0 Å². The summed E-state index contributed by atoms with van der Waals surface area (Å²) >= 11 is 0. The lowest BCUT2D eigenvalue weighted by molar-refractivity contribution is -0.151. The van der Waals surface area contributed by atoms with Crippen LogP contribution in [0.25, 0.3) is 21.8 Å². The first-order valence-corrected chi connectivity index (χ1v) is 19.5. The molecule has 2 fully saturated rings. The van der Waals surface area contributed by atoms with Crippen LogP contribution >= 0.6 is 0 Å². The van der Waals surface area contributed by atoms with Crippen LogP contribution in [0.15, 0.2) is 85.2 Å². The second-order valence-corrected chi connectivity index (χ2v) is 14.3. The summed E-state index contributed by atoms with van der Waals surface area (Å²) in [4.78, 5) is 18.0. The molecule has 4 bridgehead atoms. The van der Waals surface area contributed by atoms with E-state index in [-0.39, 0.29) is 11.9 Å². The molecule has 6 heteroatoms. The average Bonchev–Trinajstić information content (AvgIpc) is 3.78. The monoisotopic (exact) mass is 681 g/mol. The highest BCUT2D eigenvalue weighted by Crippen LogP contribution is 2.42. The maximum absolute atomic E-state index is 11.5. The van der Waals surface area contributed by atoms with Gasteiger partial charge in [-0.25, -0.2) is 0 Å². The Morgan fingerprint density at radius 3 is 1.56 bits per heavy atom. The summed E-state index contributed by atoms with van der Waals surface area (Å²) in [6.07, 6.45) is 25.9. The van der Waals surface area contributed by atoms with Gasteiger partial charge in [-0.1, -0.05) is 94.3 Å². The summed E-state index contributed by atoms with van der Waals surface area (Å²) in [5, 5.41) is 2.59. The first-order valence-electron chi connectivity index (χ1n) is 19.5. The Kier molecular flexibility index (Phi) is 16.4. The largest absolute Gasteiger partial charge is 0.466 e. The van der Waals surface area contributed by atoms with E-state index < -0.39 is 0 Å². The number of ether oxygens (including phenoxy) is 1. The summed E-state index contributed by atoms with van der Waals surface area (Å²) in [6.45, 7) is 10.4. The number of benzene rings is 2. The molecule has 2 heterocycles. The third-order valence-corrected chi connectivity index (χ3v) is 10.6. The molecule has 0 amide bonds. The minimum atomic E-state index is 0.0153. The normalized spacial score (nSPS) is 23.8. The van der Waals surface area contributed by atoms with E-state index in [1.807, 2.05) is 31.5 Å². The average molecular weight is 681 g/mol. The number of carbonyl (C=O) groups excluding carboxylic acids is 1. The SMILES string of the molecule is CCC.CCC1CC2C=CC1CC2.CCOC(=O)C1CC2C=CC1CC2.NCCc1c[nH]c2ccccc12.NCCc1c[nH]c2ccccc12. The number of hydrogen-bond acceptors (Lipinski definition) is 4. The third-order valence-electron chi connectivity index (χ3n) is 10.6. The lowest BCUT2D eigenvalue weighted by Gasteiger charge is -2.37. The number of fused-ring (bicyclic) bond motifs is 6. The Morgan fingerprint density at radius 2 is 1.20 bits per heavy atom. The fraction of sp³-hybridized carbons (Fsp3) is 0.523. The number of esters is 1. The Hall–Kier alpha value is -3.61. The molecule has 6 aliphatic rings. The van der Waals surface area contributed by atoms with Crippen molar-refractivity contribution in [3.63, 3.8) is 0 Å². The second kappa shape index (κ2) is 20.9. The number of hydrogen-bond donors (Lipinski definition) is 4. The summed E-state index contributed by atoms with van der Waals surface area (Å²) in [7, 11) is 0. The topological polar surface area (TPSA) is 110 Å². The molecule has 0 radical (unpaired) electrons. The van der Waals surface area contributed by atoms with Crippen LogP contribution < -0.4 is 11.5 Å². The van der Waals surface area contributed by atoms with Gasteiger partial charge in [0.25, 0.3) is 0 Å². The van der Waals surface area contributed by atoms with Crippen molar-refractivity contribution < 1.29 is 9.53 Å². The molecule has 272 valence electrons. The zero-order valence-electron chi connectivity index (χ0n) is 31.2. The Balaban J connectivity index is 0.000000146. The fourth-order valence-electron chi connectivity index (χ4n) is 7.96. The second-order valence-electron chi connectivity index (χ2n) is 14.3. The maximum atomic E-state index is 11.5. The van der Waals surface area contributed by atoms with Crippen LogP contribution in [0.1, 0.15) is 90.2 Å². The van der Waals surface area contributed by atoms with Gasteiger partial charge in [0.15, 0.2) is 0 Å². The van der Waals surface area contributed by atoms with Crippen LogP contribution in [0.4, 0.5) is 0 Å². The van der Waals surface area contributed by atoms with Crippen LogP contribution in [-0.2, 0) is 22.4 Å². The van der Waals surface area contributed by atoms with Crippen LogP contribution in [-0.4, -0.2) is 35.6 Å². The lowest BCUT2D eigenvalue weighted by atomic mass is 9.68.